The van der Waals surface area contributed by atoms with Crippen molar-refractivity contribution < 1.29 is 19.1 Å². The Morgan fingerprint density at radius 2 is 2.00 bits per heavy atom. The summed E-state index contributed by atoms with van der Waals surface area (Å²) in [6, 6.07) is 4.71. The minimum atomic E-state index is -0.582. The van der Waals surface area contributed by atoms with Crippen LogP contribution in [0.1, 0.15) is 70.6 Å². The minimum absolute atomic E-state index is 0.0598. The monoisotopic (exact) mass is 444 g/mol. The second-order valence-electron chi connectivity index (χ2n) is 9.22. The summed E-state index contributed by atoms with van der Waals surface area (Å²) in [6.07, 6.45) is 2.81. The van der Waals surface area contributed by atoms with Crippen molar-refractivity contribution in [3.63, 3.8) is 0 Å². The van der Waals surface area contributed by atoms with Crippen LogP contribution in [-0.2, 0) is 14.3 Å². The van der Waals surface area contributed by atoms with Crippen molar-refractivity contribution in [2.75, 3.05) is 18.1 Å². The molecule has 0 bridgehead atoms. The normalized spacial score (nSPS) is 21.8. The standard InChI is InChI=1S/C24H32N2O4S/c1-8-30-21(27)13-25-22(28)20(31-23(25)29)11-17-10-18-16(5)12-24(6,7)26(14(2)3)19(18)9-15(17)4/h9-11,14,16H,8,12-13H2,1-7H3/b20-11+/t16-/m0/s1. The van der Waals surface area contributed by atoms with Crippen LogP contribution in [0, 0.1) is 6.92 Å². The number of amides is 2. The van der Waals surface area contributed by atoms with Crippen molar-refractivity contribution in [1.29, 1.82) is 0 Å². The van der Waals surface area contributed by atoms with Crippen LogP contribution in [0.2, 0.25) is 0 Å². The van der Waals surface area contributed by atoms with Crippen LogP contribution >= 0.6 is 11.8 Å². The van der Waals surface area contributed by atoms with E-state index in [2.05, 4.69) is 51.7 Å². The molecule has 1 atom stereocenters. The number of imide groups is 1. The topological polar surface area (TPSA) is 66.9 Å². The van der Waals surface area contributed by atoms with E-state index in [1.807, 2.05) is 6.92 Å². The van der Waals surface area contributed by atoms with Crippen LogP contribution in [0.4, 0.5) is 10.5 Å². The van der Waals surface area contributed by atoms with Crippen molar-refractivity contribution in [2.24, 2.45) is 0 Å². The van der Waals surface area contributed by atoms with Crippen molar-refractivity contribution in [3.8, 4) is 0 Å². The summed E-state index contributed by atoms with van der Waals surface area (Å²) in [4.78, 5) is 40.6. The van der Waals surface area contributed by atoms with E-state index in [-0.39, 0.29) is 18.7 Å². The smallest absolute Gasteiger partial charge is 0.326 e. The number of fused-ring (bicyclic) bond motifs is 1. The maximum Gasteiger partial charge on any atom is 0.326 e. The van der Waals surface area contributed by atoms with Gasteiger partial charge >= 0.3 is 5.97 Å². The lowest BCUT2D eigenvalue weighted by Crippen LogP contribution is -2.51. The Morgan fingerprint density at radius 3 is 2.61 bits per heavy atom. The first kappa shape index (κ1) is 23.4. The number of aryl methyl sites for hydroxylation is 1. The number of ether oxygens (including phenoxy) is 1. The summed E-state index contributed by atoms with van der Waals surface area (Å²) in [5.74, 6) is -0.647. The molecule has 1 saturated heterocycles. The fourth-order valence-electron chi connectivity index (χ4n) is 4.86. The minimum Gasteiger partial charge on any atom is -0.465 e. The van der Waals surface area contributed by atoms with Gasteiger partial charge in [0.2, 0.25) is 0 Å². The molecule has 1 fully saturated rings. The Morgan fingerprint density at radius 1 is 1.32 bits per heavy atom. The number of benzene rings is 1. The van der Waals surface area contributed by atoms with Gasteiger partial charge in [-0.05, 0) is 101 Å². The van der Waals surface area contributed by atoms with E-state index in [0.717, 1.165) is 34.2 Å². The molecule has 2 heterocycles. The fraction of sp³-hybridized carbons (Fsp3) is 0.542. The molecule has 0 spiro atoms. The second-order valence-corrected chi connectivity index (χ2v) is 10.2. The number of hydrogen-bond acceptors (Lipinski definition) is 6. The lowest BCUT2D eigenvalue weighted by atomic mass is 9.78. The first-order valence-electron chi connectivity index (χ1n) is 10.8. The highest BCUT2D eigenvalue weighted by molar-refractivity contribution is 8.18. The molecule has 1 aromatic carbocycles. The van der Waals surface area contributed by atoms with Crippen molar-refractivity contribution >= 4 is 40.6 Å². The first-order chi connectivity index (χ1) is 14.5. The van der Waals surface area contributed by atoms with Gasteiger partial charge < -0.3 is 9.64 Å². The average Bonchev–Trinajstić information content (AvgIpc) is 2.89. The molecule has 3 rings (SSSR count). The van der Waals surface area contributed by atoms with Crippen LogP contribution in [0.3, 0.4) is 0 Å². The molecular formula is C24H32N2O4S. The van der Waals surface area contributed by atoms with E-state index in [9.17, 15) is 14.4 Å². The predicted octanol–water partition coefficient (Wildman–Crippen LogP) is 5.10. The molecule has 0 N–H and O–H groups in total. The fourth-order valence-corrected chi connectivity index (χ4v) is 5.69. The Hall–Kier alpha value is -2.28. The Balaban J connectivity index is 1.96. The highest BCUT2D eigenvalue weighted by Gasteiger charge is 2.39. The lowest BCUT2D eigenvalue weighted by molar-refractivity contribution is -0.145. The molecular weight excluding hydrogens is 412 g/mol. The van der Waals surface area contributed by atoms with E-state index in [1.165, 1.54) is 11.3 Å². The van der Waals surface area contributed by atoms with Gasteiger partial charge in [-0.1, -0.05) is 6.92 Å². The Kier molecular flexibility index (Phi) is 6.56. The third-order valence-electron chi connectivity index (χ3n) is 5.93. The van der Waals surface area contributed by atoms with Crippen LogP contribution in [-0.4, -0.2) is 46.7 Å². The highest BCUT2D eigenvalue weighted by atomic mass is 32.2. The number of carbonyl (C=O) groups excluding carboxylic acids is 3. The summed E-state index contributed by atoms with van der Waals surface area (Å²) in [5, 5.41) is -0.444. The third kappa shape index (κ3) is 4.52. The van der Waals surface area contributed by atoms with Gasteiger partial charge in [0.1, 0.15) is 6.54 Å². The summed E-state index contributed by atoms with van der Waals surface area (Å²) in [6.45, 7) is 14.8. The molecule has 0 aliphatic carbocycles. The number of esters is 1. The van der Waals surface area contributed by atoms with Crippen LogP contribution in [0.25, 0.3) is 6.08 Å². The van der Waals surface area contributed by atoms with Crippen molar-refractivity contribution in [1.82, 2.24) is 4.90 Å². The molecule has 31 heavy (non-hydrogen) atoms. The molecule has 2 amide bonds. The van der Waals surface area contributed by atoms with Crippen LogP contribution in [0.5, 0.6) is 0 Å². The van der Waals surface area contributed by atoms with E-state index in [0.29, 0.717) is 16.9 Å². The summed E-state index contributed by atoms with van der Waals surface area (Å²) in [7, 11) is 0. The number of rotatable bonds is 5. The maximum atomic E-state index is 12.8. The zero-order chi connectivity index (χ0) is 23.1. The largest absolute Gasteiger partial charge is 0.465 e. The first-order valence-corrected chi connectivity index (χ1v) is 11.6. The Bertz CT molecular complexity index is 951. The number of carbonyl (C=O) groups is 3. The second kappa shape index (κ2) is 8.69. The third-order valence-corrected chi connectivity index (χ3v) is 6.84. The zero-order valence-electron chi connectivity index (χ0n) is 19.4. The molecule has 0 unspecified atom stereocenters. The van der Waals surface area contributed by atoms with Gasteiger partial charge in [0, 0.05) is 17.3 Å². The van der Waals surface area contributed by atoms with Gasteiger partial charge in [0.25, 0.3) is 11.1 Å². The van der Waals surface area contributed by atoms with Gasteiger partial charge in [-0.15, -0.1) is 0 Å². The molecule has 0 radical (unpaired) electrons. The van der Waals surface area contributed by atoms with E-state index in [1.54, 1.807) is 13.0 Å². The molecule has 0 aromatic heterocycles. The van der Waals surface area contributed by atoms with Crippen molar-refractivity contribution in [2.45, 2.75) is 72.4 Å². The number of nitrogens with zero attached hydrogens (tertiary/aromatic N) is 2. The molecule has 168 valence electrons. The maximum absolute atomic E-state index is 12.8. The van der Waals surface area contributed by atoms with E-state index >= 15 is 0 Å². The quantitative estimate of drug-likeness (QED) is 0.465. The summed E-state index contributed by atoms with van der Waals surface area (Å²) >= 11 is 0.869. The molecule has 7 heteroatoms. The number of thioether (sulfide) groups is 1. The van der Waals surface area contributed by atoms with Crippen molar-refractivity contribution in [3.05, 3.63) is 33.7 Å². The van der Waals surface area contributed by atoms with Crippen LogP contribution in [0.15, 0.2) is 17.0 Å². The molecule has 0 saturated carbocycles. The molecule has 6 nitrogen and oxygen atoms in total. The predicted molar refractivity (Wildman–Crippen MR) is 125 cm³/mol. The molecule has 2 aliphatic heterocycles. The van der Waals surface area contributed by atoms with Gasteiger partial charge in [-0.25, -0.2) is 0 Å². The van der Waals surface area contributed by atoms with Gasteiger partial charge in [-0.2, -0.15) is 0 Å². The molecule has 2 aliphatic rings. The lowest BCUT2D eigenvalue weighted by Gasteiger charge is -2.50. The zero-order valence-corrected chi connectivity index (χ0v) is 20.3. The van der Waals surface area contributed by atoms with E-state index < -0.39 is 17.1 Å². The SMILES string of the molecule is CCOC(=O)CN1C(=O)S/C(=C/c2cc3c(cc2C)N(C(C)C)C(C)(C)C[C@@H]3C)C1=O. The van der Waals surface area contributed by atoms with Gasteiger partial charge in [-0.3, -0.25) is 19.3 Å². The number of anilines is 1. The Labute approximate surface area is 189 Å². The summed E-state index contributed by atoms with van der Waals surface area (Å²) in [5.41, 5.74) is 4.53. The van der Waals surface area contributed by atoms with Crippen LogP contribution < -0.4 is 4.90 Å². The van der Waals surface area contributed by atoms with E-state index in [4.69, 9.17) is 4.74 Å². The van der Waals surface area contributed by atoms with Gasteiger partial charge in [0.05, 0.1) is 11.5 Å². The highest BCUT2D eigenvalue weighted by Crippen LogP contribution is 2.46. The average molecular weight is 445 g/mol. The van der Waals surface area contributed by atoms with Gasteiger partial charge in [0.15, 0.2) is 0 Å². The number of hydrogen-bond donors (Lipinski definition) is 0. The molecule has 1 aromatic rings. The summed E-state index contributed by atoms with van der Waals surface area (Å²) < 4.78 is 4.87.